The first-order valence-electron chi connectivity index (χ1n) is 7.01. The number of hydrogen-bond donors (Lipinski definition) is 1. The first-order chi connectivity index (χ1) is 10.5. The summed E-state index contributed by atoms with van der Waals surface area (Å²) in [5.74, 6) is -0.215. The van der Waals surface area contributed by atoms with Crippen LogP contribution in [0, 0.1) is 0 Å². The smallest absolute Gasteiger partial charge is 0.265 e. The lowest BCUT2D eigenvalue weighted by Crippen LogP contribution is -2.30. The van der Waals surface area contributed by atoms with E-state index in [1.54, 1.807) is 41.3 Å². The number of amides is 2. The zero-order valence-electron chi connectivity index (χ0n) is 12.4. The van der Waals surface area contributed by atoms with Crippen molar-refractivity contribution in [1.29, 1.82) is 0 Å². The minimum Gasteiger partial charge on any atom is -0.339 e. The maximum absolute atomic E-state index is 12.2. The maximum atomic E-state index is 12.2. The van der Waals surface area contributed by atoms with Gasteiger partial charge in [-0.2, -0.15) is 0 Å². The summed E-state index contributed by atoms with van der Waals surface area (Å²) in [6, 6.07) is 10.3. The van der Waals surface area contributed by atoms with Crippen molar-refractivity contribution in [3.63, 3.8) is 0 Å². The van der Waals surface area contributed by atoms with Crippen molar-refractivity contribution in [2.24, 2.45) is 0 Å². The van der Waals surface area contributed by atoms with Gasteiger partial charge in [-0.1, -0.05) is 11.6 Å². The Balaban J connectivity index is 2.06. The standard InChI is InChI=1S/C16H17ClN2O2S/c1-3-19(4-2)16(21)11-5-7-12(8-6-11)18-15(20)13-9-10-14(17)22-13/h5-10H,3-4H2,1-2H3,(H,18,20). The molecule has 0 aliphatic rings. The molecular weight excluding hydrogens is 320 g/mol. The third-order valence-corrected chi connectivity index (χ3v) is 4.47. The molecule has 0 fully saturated rings. The number of thiophene rings is 1. The normalized spacial score (nSPS) is 10.3. The fourth-order valence-corrected chi connectivity index (χ4v) is 2.96. The lowest BCUT2D eigenvalue weighted by molar-refractivity contribution is 0.0773. The van der Waals surface area contributed by atoms with Crippen LogP contribution in [-0.2, 0) is 0 Å². The Morgan fingerprint density at radius 3 is 2.23 bits per heavy atom. The molecule has 116 valence electrons. The second-order valence-corrected chi connectivity index (χ2v) is 6.33. The number of benzene rings is 1. The molecule has 0 atom stereocenters. The number of anilines is 1. The second-order valence-electron chi connectivity index (χ2n) is 4.61. The van der Waals surface area contributed by atoms with Crippen molar-refractivity contribution in [1.82, 2.24) is 4.90 Å². The zero-order chi connectivity index (χ0) is 16.1. The van der Waals surface area contributed by atoms with E-state index in [0.717, 1.165) is 0 Å². The summed E-state index contributed by atoms with van der Waals surface area (Å²) in [6.45, 7) is 5.24. The van der Waals surface area contributed by atoms with Crippen molar-refractivity contribution in [3.8, 4) is 0 Å². The minimum absolute atomic E-state index is 0.00656. The molecule has 1 heterocycles. The van der Waals surface area contributed by atoms with Crippen LogP contribution in [-0.4, -0.2) is 29.8 Å². The van der Waals surface area contributed by atoms with Gasteiger partial charge in [-0.05, 0) is 50.2 Å². The van der Waals surface area contributed by atoms with Gasteiger partial charge in [0.25, 0.3) is 11.8 Å². The first kappa shape index (κ1) is 16.5. The van der Waals surface area contributed by atoms with Crippen molar-refractivity contribution < 1.29 is 9.59 Å². The highest BCUT2D eigenvalue weighted by Gasteiger charge is 2.13. The van der Waals surface area contributed by atoms with E-state index in [2.05, 4.69) is 5.32 Å². The summed E-state index contributed by atoms with van der Waals surface area (Å²) in [6.07, 6.45) is 0. The molecule has 1 N–H and O–H groups in total. The lowest BCUT2D eigenvalue weighted by Gasteiger charge is -2.18. The number of nitrogens with zero attached hydrogens (tertiary/aromatic N) is 1. The van der Waals surface area contributed by atoms with Crippen LogP contribution in [0.5, 0.6) is 0 Å². The summed E-state index contributed by atoms with van der Waals surface area (Å²) in [5.41, 5.74) is 1.26. The van der Waals surface area contributed by atoms with Crippen LogP contribution >= 0.6 is 22.9 Å². The Kier molecular flexibility index (Phi) is 5.57. The first-order valence-corrected chi connectivity index (χ1v) is 8.20. The Hall–Kier alpha value is -1.85. The van der Waals surface area contributed by atoms with E-state index >= 15 is 0 Å². The van der Waals surface area contributed by atoms with Crippen LogP contribution < -0.4 is 5.32 Å². The Bertz CT molecular complexity index is 663. The van der Waals surface area contributed by atoms with Crippen LogP contribution in [0.4, 0.5) is 5.69 Å². The number of carbonyl (C=O) groups is 2. The van der Waals surface area contributed by atoms with Gasteiger partial charge in [-0.15, -0.1) is 11.3 Å². The third kappa shape index (κ3) is 3.87. The molecule has 6 heteroatoms. The van der Waals surface area contributed by atoms with E-state index in [1.165, 1.54) is 11.3 Å². The molecular formula is C16H17ClN2O2S. The van der Waals surface area contributed by atoms with Gasteiger partial charge in [0, 0.05) is 24.3 Å². The molecule has 0 saturated carbocycles. The van der Waals surface area contributed by atoms with Crippen LogP contribution in [0.1, 0.15) is 33.9 Å². The highest BCUT2D eigenvalue weighted by molar-refractivity contribution is 7.18. The average molecular weight is 337 g/mol. The highest BCUT2D eigenvalue weighted by atomic mass is 35.5. The predicted octanol–water partition coefficient (Wildman–Crippen LogP) is 4.14. The maximum Gasteiger partial charge on any atom is 0.265 e. The fraction of sp³-hybridized carbons (Fsp3) is 0.250. The molecule has 1 aromatic carbocycles. The summed E-state index contributed by atoms with van der Waals surface area (Å²) in [4.78, 5) is 26.5. The molecule has 0 radical (unpaired) electrons. The Labute approximate surface area is 138 Å². The number of hydrogen-bond acceptors (Lipinski definition) is 3. The molecule has 0 aliphatic heterocycles. The monoisotopic (exact) mass is 336 g/mol. The van der Waals surface area contributed by atoms with Gasteiger partial charge in [-0.25, -0.2) is 0 Å². The molecule has 2 amide bonds. The van der Waals surface area contributed by atoms with Gasteiger partial charge in [0.2, 0.25) is 0 Å². The molecule has 2 rings (SSSR count). The van der Waals surface area contributed by atoms with E-state index in [4.69, 9.17) is 11.6 Å². The van der Waals surface area contributed by atoms with Crippen LogP contribution in [0.2, 0.25) is 4.34 Å². The summed E-state index contributed by atoms with van der Waals surface area (Å²) in [7, 11) is 0. The van der Waals surface area contributed by atoms with E-state index in [1.807, 2.05) is 13.8 Å². The van der Waals surface area contributed by atoms with Crippen LogP contribution in [0.3, 0.4) is 0 Å². The SMILES string of the molecule is CCN(CC)C(=O)c1ccc(NC(=O)c2ccc(Cl)s2)cc1. The summed E-state index contributed by atoms with van der Waals surface area (Å²) >= 11 is 7.04. The van der Waals surface area contributed by atoms with E-state index in [-0.39, 0.29) is 11.8 Å². The minimum atomic E-state index is -0.209. The van der Waals surface area contributed by atoms with Gasteiger partial charge in [-0.3, -0.25) is 9.59 Å². The van der Waals surface area contributed by atoms with Gasteiger partial charge < -0.3 is 10.2 Å². The molecule has 1 aromatic heterocycles. The largest absolute Gasteiger partial charge is 0.339 e. The van der Waals surface area contributed by atoms with Crippen molar-refractivity contribution in [3.05, 3.63) is 51.2 Å². The van der Waals surface area contributed by atoms with Gasteiger partial charge in [0.15, 0.2) is 0 Å². The fourth-order valence-electron chi connectivity index (χ4n) is 2.02. The topological polar surface area (TPSA) is 49.4 Å². The third-order valence-electron chi connectivity index (χ3n) is 3.24. The van der Waals surface area contributed by atoms with E-state index < -0.39 is 0 Å². The molecule has 0 aliphatic carbocycles. The Morgan fingerprint density at radius 2 is 1.73 bits per heavy atom. The van der Waals surface area contributed by atoms with Crippen molar-refractivity contribution in [2.45, 2.75) is 13.8 Å². The molecule has 0 unspecified atom stereocenters. The zero-order valence-corrected chi connectivity index (χ0v) is 14.0. The van der Waals surface area contributed by atoms with Gasteiger partial charge >= 0.3 is 0 Å². The lowest BCUT2D eigenvalue weighted by atomic mass is 10.1. The molecule has 4 nitrogen and oxygen atoms in total. The Morgan fingerprint density at radius 1 is 1.09 bits per heavy atom. The molecule has 0 bridgehead atoms. The number of nitrogens with one attached hydrogen (secondary N) is 1. The predicted molar refractivity (Wildman–Crippen MR) is 91.0 cm³/mol. The summed E-state index contributed by atoms with van der Waals surface area (Å²) in [5, 5.41) is 2.78. The average Bonchev–Trinajstić information content (AvgIpc) is 2.96. The van der Waals surface area contributed by atoms with Crippen molar-refractivity contribution in [2.75, 3.05) is 18.4 Å². The number of carbonyl (C=O) groups excluding carboxylic acids is 2. The number of halogens is 1. The van der Waals surface area contributed by atoms with Gasteiger partial charge in [0.1, 0.15) is 0 Å². The number of rotatable bonds is 5. The van der Waals surface area contributed by atoms with E-state index in [9.17, 15) is 9.59 Å². The highest BCUT2D eigenvalue weighted by Crippen LogP contribution is 2.22. The molecule has 0 spiro atoms. The molecule has 2 aromatic rings. The van der Waals surface area contributed by atoms with Gasteiger partial charge in [0.05, 0.1) is 9.21 Å². The molecule has 22 heavy (non-hydrogen) atoms. The van der Waals surface area contributed by atoms with Crippen LogP contribution in [0.25, 0.3) is 0 Å². The van der Waals surface area contributed by atoms with Crippen LogP contribution in [0.15, 0.2) is 36.4 Å². The quantitative estimate of drug-likeness (QED) is 0.892. The summed E-state index contributed by atoms with van der Waals surface area (Å²) < 4.78 is 0.574. The second kappa shape index (κ2) is 7.42. The molecule has 0 saturated heterocycles. The van der Waals surface area contributed by atoms with Crippen molar-refractivity contribution >= 4 is 40.4 Å². The van der Waals surface area contributed by atoms with E-state index in [0.29, 0.717) is 33.6 Å².